The SMILES string of the molecule is CCNCC1(C#N)COC1. The summed E-state index contributed by atoms with van der Waals surface area (Å²) in [6, 6.07) is 2.26. The number of nitriles is 1. The molecule has 3 heteroatoms. The molecule has 0 atom stereocenters. The highest BCUT2D eigenvalue weighted by molar-refractivity contribution is 5.05. The lowest BCUT2D eigenvalue weighted by Crippen LogP contribution is -2.48. The Morgan fingerprint density at radius 1 is 1.70 bits per heavy atom. The standard InChI is InChI=1S/C7H12N2O/c1-2-9-4-7(3-8)5-10-6-7/h9H,2,4-6H2,1H3. The molecule has 0 saturated carbocycles. The zero-order chi connectivity index (χ0) is 7.45. The van der Waals surface area contributed by atoms with Crippen LogP contribution in [0.5, 0.6) is 0 Å². The Kier molecular flexibility index (Phi) is 2.25. The molecule has 0 spiro atoms. The molecule has 1 rings (SSSR count). The fourth-order valence-corrected chi connectivity index (χ4v) is 0.919. The second-order valence-corrected chi connectivity index (χ2v) is 2.67. The van der Waals surface area contributed by atoms with Gasteiger partial charge in [0.05, 0.1) is 19.3 Å². The maximum atomic E-state index is 8.69. The lowest BCUT2D eigenvalue weighted by molar-refractivity contribution is -0.0751. The van der Waals surface area contributed by atoms with E-state index >= 15 is 0 Å². The second-order valence-electron chi connectivity index (χ2n) is 2.67. The van der Waals surface area contributed by atoms with Gasteiger partial charge in [0, 0.05) is 6.54 Å². The van der Waals surface area contributed by atoms with Crippen molar-refractivity contribution in [1.82, 2.24) is 5.32 Å². The van der Waals surface area contributed by atoms with Crippen molar-refractivity contribution in [3.63, 3.8) is 0 Å². The molecule has 0 bridgehead atoms. The summed E-state index contributed by atoms with van der Waals surface area (Å²) in [7, 11) is 0. The minimum absolute atomic E-state index is 0.212. The van der Waals surface area contributed by atoms with Crippen molar-refractivity contribution < 1.29 is 4.74 Å². The number of nitrogens with one attached hydrogen (secondary N) is 1. The molecule has 0 radical (unpaired) electrons. The molecule has 0 amide bonds. The van der Waals surface area contributed by atoms with Crippen molar-refractivity contribution in [2.24, 2.45) is 5.41 Å². The summed E-state index contributed by atoms with van der Waals surface area (Å²) in [6.07, 6.45) is 0. The molecule has 1 N–H and O–H groups in total. The van der Waals surface area contributed by atoms with Crippen molar-refractivity contribution in [1.29, 1.82) is 5.26 Å². The van der Waals surface area contributed by atoms with Crippen LogP contribution in [0.25, 0.3) is 0 Å². The van der Waals surface area contributed by atoms with E-state index < -0.39 is 0 Å². The minimum atomic E-state index is -0.212. The number of ether oxygens (including phenoxy) is 1. The van der Waals surface area contributed by atoms with E-state index in [9.17, 15) is 0 Å². The molecule has 0 unspecified atom stereocenters. The first-order chi connectivity index (χ1) is 4.83. The molecule has 0 aromatic heterocycles. The molecule has 0 aromatic rings. The largest absolute Gasteiger partial charge is 0.378 e. The monoisotopic (exact) mass is 140 g/mol. The molecular weight excluding hydrogens is 128 g/mol. The van der Waals surface area contributed by atoms with Crippen LogP contribution < -0.4 is 5.32 Å². The number of nitrogens with zero attached hydrogens (tertiary/aromatic N) is 1. The summed E-state index contributed by atoms with van der Waals surface area (Å²) < 4.78 is 4.96. The van der Waals surface area contributed by atoms with E-state index in [0.717, 1.165) is 13.1 Å². The van der Waals surface area contributed by atoms with Gasteiger partial charge < -0.3 is 10.1 Å². The lowest BCUT2D eigenvalue weighted by atomic mass is 9.88. The predicted octanol–water partition coefficient (Wildman–Crippen LogP) is 0.136. The van der Waals surface area contributed by atoms with E-state index in [1.807, 2.05) is 6.92 Å². The van der Waals surface area contributed by atoms with Crippen molar-refractivity contribution in [2.75, 3.05) is 26.3 Å². The van der Waals surface area contributed by atoms with Crippen LogP contribution in [0.15, 0.2) is 0 Å². The van der Waals surface area contributed by atoms with Crippen LogP contribution >= 0.6 is 0 Å². The zero-order valence-corrected chi connectivity index (χ0v) is 6.18. The van der Waals surface area contributed by atoms with Gasteiger partial charge in [-0.15, -0.1) is 0 Å². The Bertz CT molecular complexity index is 146. The molecule has 1 heterocycles. The van der Waals surface area contributed by atoms with Crippen LogP contribution in [-0.4, -0.2) is 26.3 Å². The normalized spacial score (nSPS) is 21.2. The zero-order valence-electron chi connectivity index (χ0n) is 6.18. The minimum Gasteiger partial charge on any atom is -0.378 e. The topological polar surface area (TPSA) is 45.0 Å². The van der Waals surface area contributed by atoms with Crippen LogP contribution in [0, 0.1) is 16.7 Å². The highest BCUT2D eigenvalue weighted by atomic mass is 16.5. The number of hydrogen-bond acceptors (Lipinski definition) is 3. The molecule has 1 aliphatic rings. The lowest BCUT2D eigenvalue weighted by Gasteiger charge is -2.34. The first-order valence-corrected chi connectivity index (χ1v) is 3.53. The molecule has 56 valence electrons. The Labute approximate surface area is 61.0 Å². The summed E-state index contributed by atoms with van der Waals surface area (Å²) in [5.41, 5.74) is -0.212. The molecule has 0 aromatic carbocycles. The van der Waals surface area contributed by atoms with Gasteiger partial charge in [0.1, 0.15) is 5.41 Å². The van der Waals surface area contributed by atoms with E-state index in [1.54, 1.807) is 0 Å². The third-order valence-electron chi connectivity index (χ3n) is 1.71. The summed E-state index contributed by atoms with van der Waals surface area (Å²) in [6.45, 7) is 4.90. The molecule has 3 nitrogen and oxygen atoms in total. The van der Waals surface area contributed by atoms with E-state index in [1.165, 1.54) is 0 Å². The summed E-state index contributed by atoms with van der Waals surface area (Å²) >= 11 is 0. The average molecular weight is 140 g/mol. The summed E-state index contributed by atoms with van der Waals surface area (Å²) in [5, 5.41) is 11.8. The van der Waals surface area contributed by atoms with E-state index in [-0.39, 0.29) is 5.41 Å². The number of hydrogen-bond donors (Lipinski definition) is 1. The second kappa shape index (κ2) is 3.00. The van der Waals surface area contributed by atoms with Gasteiger partial charge in [-0.25, -0.2) is 0 Å². The first kappa shape index (κ1) is 7.52. The fraction of sp³-hybridized carbons (Fsp3) is 0.857. The van der Waals surface area contributed by atoms with E-state index in [4.69, 9.17) is 10.00 Å². The van der Waals surface area contributed by atoms with Crippen molar-refractivity contribution >= 4 is 0 Å². The maximum Gasteiger partial charge on any atom is 0.116 e. The highest BCUT2D eigenvalue weighted by Gasteiger charge is 2.38. The van der Waals surface area contributed by atoms with E-state index in [2.05, 4.69) is 11.4 Å². The Morgan fingerprint density at radius 3 is 2.70 bits per heavy atom. The summed E-state index contributed by atoms with van der Waals surface area (Å²) in [5.74, 6) is 0. The van der Waals surface area contributed by atoms with Gasteiger partial charge in [0.2, 0.25) is 0 Å². The van der Waals surface area contributed by atoms with Gasteiger partial charge >= 0.3 is 0 Å². The maximum absolute atomic E-state index is 8.69. The van der Waals surface area contributed by atoms with Gasteiger partial charge in [-0.05, 0) is 6.54 Å². The van der Waals surface area contributed by atoms with E-state index in [0.29, 0.717) is 13.2 Å². The molecule has 1 saturated heterocycles. The number of rotatable bonds is 3. The predicted molar refractivity (Wildman–Crippen MR) is 37.4 cm³/mol. The van der Waals surface area contributed by atoms with Gasteiger partial charge in [-0.2, -0.15) is 5.26 Å². The van der Waals surface area contributed by atoms with Gasteiger partial charge in [0.25, 0.3) is 0 Å². The van der Waals surface area contributed by atoms with Gasteiger partial charge in [-0.3, -0.25) is 0 Å². The van der Waals surface area contributed by atoms with Crippen molar-refractivity contribution in [3.8, 4) is 6.07 Å². The van der Waals surface area contributed by atoms with Crippen LogP contribution in [0.2, 0.25) is 0 Å². The Morgan fingerprint density at radius 2 is 2.40 bits per heavy atom. The first-order valence-electron chi connectivity index (χ1n) is 3.53. The van der Waals surface area contributed by atoms with Crippen LogP contribution in [0.1, 0.15) is 6.92 Å². The third kappa shape index (κ3) is 1.28. The Balaban J connectivity index is 2.29. The molecule has 0 aliphatic carbocycles. The van der Waals surface area contributed by atoms with Crippen LogP contribution in [0.4, 0.5) is 0 Å². The fourth-order valence-electron chi connectivity index (χ4n) is 0.919. The quantitative estimate of drug-likeness (QED) is 0.606. The molecular formula is C7H12N2O. The molecule has 1 aliphatic heterocycles. The Hall–Kier alpha value is -0.590. The molecule has 1 fully saturated rings. The highest BCUT2D eigenvalue weighted by Crippen LogP contribution is 2.24. The smallest absolute Gasteiger partial charge is 0.116 e. The third-order valence-corrected chi connectivity index (χ3v) is 1.71. The van der Waals surface area contributed by atoms with Crippen molar-refractivity contribution in [3.05, 3.63) is 0 Å². The van der Waals surface area contributed by atoms with Crippen molar-refractivity contribution in [2.45, 2.75) is 6.92 Å². The van der Waals surface area contributed by atoms with Gasteiger partial charge in [0.15, 0.2) is 0 Å². The van der Waals surface area contributed by atoms with Gasteiger partial charge in [-0.1, -0.05) is 6.92 Å². The van der Waals surface area contributed by atoms with Crippen LogP contribution in [-0.2, 0) is 4.74 Å². The van der Waals surface area contributed by atoms with Crippen LogP contribution in [0.3, 0.4) is 0 Å². The molecule has 10 heavy (non-hydrogen) atoms. The average Bonchev–Trinajstić information content (AvgIpc) is 1.87. The summed E-state index contributed by atoms with van der Waals surface area (Å²) in [4.78, 5) is 0.